The second kappa shape index (κ2) is 10.8. The lowest BCUT2D eigenvalue weighted by molar-refractivity contribution is -0.929. The Balaban J connectivity index is 0.00000289. The first-order chi connectivity index (χ1) is 14.8. The third-order valence-corrected chi connectivity index (χ3v) is 6.89. The maximum Gasteiger partial charge on any atom is 0.255 e. The van der Waals surface area contributed by atoms with Crippen LogP contribution < -0.4 is 34.0 Å². The molecule has 0 saturated heterocycles. The first-order valence-electron chi connectivity index (χ1n) is 10.9. The minimum Gasteiger partial charge on any atom is -1.00 e. The van der Waals surface area contributed by atoms with Gasteiger partial charge in [0.15, 0.2) is 0 Å². The molecule has 1 N–H and O–H groups in total. The van der Waals surface area contributed by atoms with E-state index in [0.717, 1.165) is 22.8 Å². The van der Waals surface area contributed by atoms with Gasteiger partial charge in [0.05, 0.1) is 30.7 Å². The summed E-state index contributed by atoms with van der Waals surface area (Å²) in [6, 6.07) is 12.3. The summed E-state index contributed by atoms with van der Waals surface area (Å²) in [5.41, 5.74) is 3.30. The quantitative estimate of drug-likeness (QED) is 0.431. The topological polar surface area (TPSA) is 38.3 Å². The molecule has 2 aliphatic rings. The van der Waals surface area contributed by atoms with Crippen LogP contribution in [0.15, 0.2) is 42.0 Å². The van der Waals surface area contributed by atoms with Gasteiger partial charge >= 0.3 is 0 Å². The largest absolute Gasteiger partial charge is 1.00 e. The molecule has 0 radical (unpaired) electrons. The average molecular weight is 587 g/mol. The number of quaternary nitrogens is 1. The van der Waals surface area contributed by atoms with Crippen LogP contribution in [-0.4, -0.2) is 37.1 Å². The molecule has 7 heteroatoms. The van der Waals surface area contributed by atoms with Crippen LogP contribution in [0.3, 0.4) is 0 Å². The van der Waals surface area contributed by atoms with E-state index in [1.54, 1.807) is 18.2 Å². The van der Waals surface area contributed by atoms with E-state index in [-0.39, 0.29) is 36.5 Å². The van der Waals surface area contributed by atoms with E-state index in [2.05, 4.69) is 31.5 Å². The van der Waals surface area contributed by atoms with Gasteiger partial charge in [0.25, 0.3) is 5.91 Å². The highest BCUT2D eigenvalue weighted by Gasteiger charge is 2.29. The van der Waals surface area contributed by atoms with E-state index in [1.807, 2.05) is 12.1 Å². The third kappa shape index (κ3) is 5.99. The number of benzene rings is 2. The van der Waals surface area contributed by atoms with Crippen LogP contribution in [0.4, 0.5) is 5.69 Å². The lowest BCUT2D eigenvalue weighted by atomic mass is 9.92. The van der Waals surface area contributed by atoms with Crippen molar-refractivity contribution in [2.24, 2.45) is 0 Å². The minimum absolute atomic E-state index is 0. The molecule has 0 unspecified atom stereocenters. The van der Waals surface area contributed by atoms with Crippen LogP contribution in [0.1, 0.15) is 43.2 Å². The Hall–Kier alpha value is -1.28. The van der Waals surface area contributed by atoms with Crippen LogP contribution >= 0.6 is 23.2 Å². The second-order valence-electron chi connectivity index (χ2n) is 9.14. The molecule has 1 amide bonds. The van der Waals surface area contributed by atoms with Crippen molar-refractivity contribution in [3.05, 3.63) is 63.1 Å². The van der Waals surface area contributed by atoms with Crippen LogP contribution in [-0.2, 0) is 11.3 Å². The summed E-state index contributed by atoms with van der Waals surface area (Å²) < 4.78 is 6.70. The van der Waals surface area contributed by atoms with Gasteiger partial charge in [0.1, 0.15) is 18.9 Å². The number of nitrogens with zero attached hydrogens (tertiary/aromatic N) is 1. The zero-order valence-electron chi connectivity index (χ0n) is 18.5. The van der Waals surface area contributed by atoms with Gasteiger partial charge in [0.2, 0.25) is 0 Å². The SMILES string of the molecule is C[N+](C)(Cc1ccc(NC(=O)C2=Cc3cc(Cl)cc(Cl)c3OC2)cc1)C1CCCCC1.[I-]. The van der Waals surface area contributed by atoms with Gasteiger partial charge in [-0.2, -0.15) is 0 Å². The number of hydrogen-bond acceptors (Lipinski definition) is 2. The molecule has 0 bridgehead atoms. The van der Waals surface area contributed by atoms with Crippen molar-refractivity contribution >= 4 is 40.9 Å². The number of ether oxygens (including phenoxy) is 1. The monoisotopic (exact) mass is 586 g/mol. The fraction of sp³-hybridized carbons (Fsp3) is 0.400. The van der Waals surface area contributed by atoms with Gasteiger partial charge in [-0.15, -0.1) is 0 Å². The number of anilines is 1. The minimum atomic E-state index is -0.187. The molecule has 4 nitrogen and oxygen atoms in total. The van der Waals surface area contributed by atoms with Crippen molar-refractivity contribution < 1.29 is 38.0 Å². The van der Waals surface area contributed by atoms with E-state index in [0.29, 0.717) is 26.9 Å². The fourth-order valence-electron chi connectivity index (χ4n) is 4.63. The summed E-state index contributed by atoms with van der Waals surface area (Å²) in [5.74, 6) is 0.374. The molecule has 0 atom stereocenters. The molecule has 2 aromatic rings. The summed E-state index contributed by atoms with van der Waals surface area (Å²) in [7, 11) is 4.66. The van der Waals surface area contributed by atoms with E-state index in [9.17, 15) is 4.79 Å². The Morgan fingerprint density at radius 3 is 2.47 bits per heavy atom. The van der Waals surface area contributed by atoms with Gasteiger partial charge in [-0.25, -0.2) is 0 Å². The van der Waals surface area contributed by atoms with Crippen molar-refractivity contribution in [3.8, 4) is 5.75 Å². The summed E-state index contributed by atoms with van der Waals surface area (Å²) in [6.45, 7) is 1.17. The lowest BCUT2D eigenvalue weighted by Gasteiger charge is -2.40. The number of halogens is 3. The average Bonchev–Trinajstić information content (AvgIpc) is 2.75. The summed E-state index contributed by atoms with van der Waals surface area (Å²) in [4.78, 5) is 12.7. The third-order valence-electron chi connectivity index (χ3n) is 6.40. The number of fused-ring (bicyclic) bond motifs is 1. The first kappa shape index (κ1) is 25.3. The Labute approximate surface area is 217 Å². The normalized spacial score (nSPS) is 16.3. The maximum atomic E-state index is 12.7. The van der Waals surface area contributed by atoms with Gasteiger partial charge < -0.3 is 38.5 Å². The standard InChI is InChI=1S/C25H28Cl2N2O2.HI/c1-29(2,22-6-4-3-5-7-22)15-17-8-10-21(11-9-17)28-25(30)19-12-18-13-20(26)14-23(27)24(18)31-16-19;/h8-14,22H,3-7,15-16H2,1-2H3;1H. The molecule has 1 aliphatic heterocycles. The molecule has 1 saturated carbocycles. The number of hydrogen-bond donors (Lipinski definition) is 1. The molecule has 1 heterocycles. The summed E-state index contributed by atoms with van der Waals surface area (Å²) in [5, 5.41) is 3.92. The van der Waals surface area contributed by atoms with Gasteiger partial charge in [-0.1, -0.05) is 41.8 Å². The van der Waals surface area contributed by atoms with Crippen molar-refractivity contribution in [3.63, 3.8) is 0 Å². The molecule has 1 aliphatic carbocycles. The van der Waals surface area contributed by atoms with E-state index >= 15 is 0 Å². The predicted molar refractivity (Wildman–Crippen MR) is 128 cm³/mol. The van der Waals surface area contributed by atoms with E-state index in [4.69, 9.17) is 27.9 Å². The lowest BCUT2D eigenvalue weighted by Crippen LogP contribution is -3.00. The molecule has 2 aromatic carbocycles. The Kier molecular flexibility index (Phi) is 8.53. The highest BCUT2D eigenvalue weighted by molar-refractivity contribution is 6.36. The maximum absolute atomic E-state index is 12.7. The molecule has 0 spiro atoms. The first-order valence-corrected chi connectivity index (χ1v) is 11.6. The van der Waals surface area contributed by atoms with E-state index in [1.165, 1.54) is 37.7 Å². The zero-order valence-corrected chi connectivity index (χ0v) is 22.1. The van der Waals surface area contributed by atoms with Gasteiger partial charge in [0, 0.05) is 21.8 Å². The molecule has 172 valence electrons. The molecular formula is C25H29Cl2IN2O2. The van der Waals surface area contributed by atoms with Crippen molar-refractivity contribution in [2.75, 3.05) is 26.0 Å². The van der Waals surface area contributed by atoms with Gasteiger partial charge in [-0.05, 0) is 56.0 Å². The van der Waals surface area contributed by atoms with Crippen LogP contribution in [0.5, 0.6) is 5.75 Å². The van der Waals surface area contributed by atoms with E-state index < -0.39 is 0 Å². The smallest absolute Gasteiger partial charge is 0.255 e. The highest BCUT2D eigenvalue weighted by atomic mass is 127. The van der Waals surface area contributed by atoms with Crippen LogP contribution in [0, 0.1) is 0 Å². The molecule has 32 heavy (non-hydrogen) atoms. The molecule has 0 aromatic heterocycles. The van der Waals surface area contributed by atoms with Gasteiger partial charge in [-0.3, -0.25) is 4.79 Å². The van der Waals surface area contributed by atoms with Crippen molar-refractivity contribution in [1.82, 2.24) is 0 Å². The molecular weight excluding hydrogens is 558 g/mol. The summed E-state index contributed by atoms with van der Waals surface area (Å²) >= 11 is 12.3. The molecule has 1 fully saturated rings. The van der Waals surface area contributed by atoms with Crippen LogP contribution in [0.2, 0.25) is 10.0 Å². The number of carbonyl (C=O) groups is 1. The number of carbonyl (C=O) groups excluding carboxylic acids is 1. The summed E-state index contributed by atoms with van der Waals surface area (Å²) in [6.07, 6.45) is 8.48. The van der Waals surface area contributed by atoms with Crippen molar-refractivity contribution in [2.45, 2.75) is 44.7 Å². The molecule has 4 rings (SSSR count). The second-order valence-corrected chi connectivity index (χ2v) is 9.99. The predicted octanol–water partition coefficient (Wildman–Crippen LogP) is 3.32. The number of amides is 1. The Morgan fingerprint density at radius 1 is 1.09 bits per heavy atom. The number of nitrogens with one attached hydrogen (secondary N) is 1. The van der Waals surface area contributed by atoms with Crippen LogP contribution in [0.25, 0.3) is 6.08 Å². The Morgan fingerprint density at radius 2 is 1.78 bits per heavy atom. The highest BCUT2D eigenvalue weighted by Crippen LogP contribution is 2.36. The number of rotatable bonds is 5. The Bertz CT molecular complexity index is 1000. The zero-order chi connectivity index (χ0) is 22.0. The fourth-order valence-corrected chi connectivity index (χ4v) is 5.20. The van der Waals surface area contributed by atoms with Crippen molar-refractivity contribution in [1.29, 1.82) is 0 Å².